The van der Waals surface area contributed by atoms with E-state index >= 15 is 0 Å². The number of benzene rings is 3. The van der Waals surface area contributed by atoms with Crippen LogP contribution < -0.4 is 29.7 Å². The molecule has 0 fully saturated rings. The van der Waals surface area contributed by atoms with Gasteiger partial charge in [0.25, 0.3) is 11.8 Å². The van der Waals surface area contributed by atoms with Crippen LogP contribution in [0.5, 0.6) is 23.0 Å². The number of rotatable bonds is 12. The molecule has 42 heavy (non-hydrogen) atoms. The van der Waals surface area contributed by atoms with E-state index < -0.39 is 11.9 Å². The summed E-state index contributed by atoms with van der Waals surface area (Å²) in [5.41, 5.74) is 4.11. The first-order valence-electron chi connectivity index (χ1n) is 13.0. The van der Waals surface area contributed by atoms with Crippen molar-refractivity contribution in [2.24, 2.45) is 5.10 Å². The maximum atomic E-state index is 12.9. The third-order valence-electron chi connectivity index (χ3n) is 5.68. The Morgan fingerprint density at radius 1 is 0.810 bits per heavy atom. The summed E-state index contributed by atoms with van der Waals surface area (Å²) in [6.45, 7) is 4.60. The van der Waals surface area contributed by atoms with Gasteiger partial charge in [-0.2, -0.15) is 5.10 Å². The third-order valence-corrected chi connectivity index (χ3v) is 5.68. The van der Waals surface area contributed by atoms with Gasteiger partial charge >= 0.3 is 5.97 Å². The number of nitrogens with zero attached hydrogens (tertiary/aromatic N) is 1. The summed E-state index contributed by atoms with van der Waals surface area (Å²) in [5, 5.41) is 6.78. The van der Waals surface area contributed by atoms with E-state index in [4.69, 9.17) is 23.4 Å². The van der Waals surface area contributed by atoms with Crippen LogP contribution in [-0.2, 0) is 0 Å². The summed E-state index contributed by atoms with van der Waals surface area (Å²) < 4.78 is 26.8. The summed E-state index contributed by atoms with van der Waals surface area (Å²) in [7, 11) is 1.43. The molecule has 4 rings (SSSR count). The lowest BCUT2D eigenvalue weighted by atomic mass is 10.1. The zero-order valence-corrected chi connectivity index (χ0v) is 23.2. The van der Waals surface area contributed by atoms with Gasteiger partial charge in [-0.05, 0) is 86.1 Å². The summed E-state index contributed by atoms with van der Waals surface area (Å²) in [4.78, 5) is 37.7. The van der Waals surface area contributed by atoms with E-state index in [0.717, 1.165) is 0 Å². The van der Waals surface area contributed by atoms with E-state index in [1.54, 1.807) is 54.6 Å². The van der Waals surface area contributed by atoms with Crippen molar-refractivity contribution in [3.8, 4) is 23.0 Å². The highest BCUT2D eigenvalue weighted by atomic mass is 16.6. The van der Waals surface area contributed by atoms with Crippen molar-refractivity contribution in [2.75, 3.05) is 25.6 Å². The first-order chi connectivity index (χ1) is 20.4. The number of methoxy groups -OCH3 is 1. The van der Waals surface area contributed by atoms with E-state index in [1.807, 2.05) is 13.8 Å². The SMILES string of the molecule is CCOc1ccc(C(=O)Nc2cccc(C(=O)NN=Cc3ccc(OC(=O)c4ccco4)c(OC)c3)c2)cc1OCC. The lowest BCUT2D eigenvalue weighted by molar-refractivity contribution is 0.0696. The molecule has 1 heterocycles. The van der Waals surface area contributed by atoms with Crippen LogP contribution in [0.15, 0.2) is 88.6 Å². The average Bonchev–Trinajstić information content (AvgIpc) is 3.54. The van der Waals surface area contributed by atoms with Crippen LogP contribution in [0.4, 0.5) is 5.69 Å². The van der Waals surface area contributed by atoms with Gasteiger partial charge in [-0.1, -0.05) is 6.07 Å². The van der Waals surface area contributed by atoms with Crippen LogP contribution in [0.2, 0.25) is 0 Å². The number of hydrogen-bond acceptors (Lipinski definition) is 9. The molecule has 11 heteroatoms. The predicted octanol–water partition coefficient (Wildman–Crippen LogP) is 5.32. The molecular formula is C31H29N3O8. The van der Waals surface area contributed by atoms with E-state index in [2.05, 4.69) is 15.8 Å². The van der Waals surface area contributed by atoms with Crippen LogP contribution >= 0.6 is 0 Å². The van der Waals surface area contributed by atoms with Gasteiger partial charge in [-0.25, -0.2) is 10.2 Å². The lowest BCUT2D eigenvalue weighted by Gasteiger charge is -2.12. The van der Waals surface area contributed by atoms with Gasteiger partial charge in [0.05, 0.1) is 32.8 Å². The Hall–Kier alpha value is -5.58. The largest absolute Gasteiger partial charge is 0.493 e. The number of ether oxygens (including phenoxy) is 4. The van der Waals surface area contributed by atoms with Crippen molar-refractivity contribution in [1.82, 2.24) is 5.43 Å². The molecule has 2 N–H and O–H groups in total. The van der Waals surface area contributed by atoms with Crippen LogP contribution in [-0.4, -0.2) is 44.3 Å². The number of furan rings is 1. The first-order valence-corrected chi connectivity index (χ1v) is 13.0. The number of nitrogens with one attached hydrogen (secondary N) is 2. The molecule has 0 aliphatic heterocycles. The van der Waals surface area contributed by atoms with E-state index in [0.29, 0.717) is 41.5 Å². The highest BCUT2D eigenvalue weighted by Crippen LogP contribution is 2.30. The van der Waals surface area contributed by atoms with Crippen molar-refractivity contribution in [2.45, 2.75) is 13.8 Å². The van der Waals surface area contributed by atoms with Crippen molar-refractivity contribution in [1.29, 1.82) is 0 Å². The molecule has 0 saturated carbocycles. The van der Waals surface area contributed by atoms with Crippen molar-refractivity contribution in [3.63, 3.8) is 0 Å². The van der Waals surface area contributed by atoms with Crippen LogP contribution in [0.3, 0.4) is 0 Å². The maximum Gasteiger partial charge on any atom is 0.379 e. The zero-order chi connectivity index (χ0) is 29.9. The van der Waals surface area contributed by atoms with Gasteiger partial charge in [0.2, 0.25) is 5.76 Å². The second-order valence-corrected chi connectivity index (χ2v) is 8.54. The number of carbonyl (C=O) groups is 3. The molecule has 0 aliphatic carbocycles. The molecule has 0 aliphatic rings. The van der Waals surface area contributed by atoms with E-state index in [9.17, 15) is 14.4 Å². The van der Waals surface area contributed by atoms with Gasteiger partial charge in [-0.3, -0.25) is 9.59 Å². The summed E-state index contributed by atoms with van der Waals surface area (Å²) in [6.07, 6.45) is 2.78. The van der Waals surface area contributed by atoms with Gasteiger partial charge in [0.1, 0.15) is 0 Å². The van der Waals surface area contributed by atoms with Crippen molar-refractivity contribution in [3.05, 3.63) is 102 Å². The molecular weight excluding hydrogens is 542 g/mol. The number of amides is 2. The molecule has 216 valence electrons. The number of hydrazone groups is 1. The first kappa shape index (κ1) is 29.4. The minimum absolute atomic E-state index is 0.0564. The Bertz CT molecular complexity index is 1580. The molecule has 0 unspecified atom stereocenters. The molecule has 0 saturated heterocycles. The molecule has 0 bridgehead atoms. The maximum absolute atomic E-state index is 12.9. The highest BCUT2D eigenvalue weighted by Gasteiger charge is 2.16. The Balaban J connectivity index is 1.38. The van der Waals surface area contributed by atoms with Crippen molar-refractivity contribution < 1.29 is 37.7 Å². The summed E-state index contributed by atoms with van der Waals surface area (Å²) >= 11 is 0. The fourth-order valence-corrected chi connectivity index (χ4v) is 3.76. The summed E-state index contributed by atoms with van der Waals surface area (Å²) in [6, 6.07) is 19.2. The molecule has 3 aromatic carbocycles. The van der Waals surface area contributed by atoms with Crippen molar-refractivity contribution >= 4 is 29.7 Å². The van der Waals surface area contributed by atoms with Crippen LogP contribution in [0, 0.1) is 0 Å². The Labute approximate surface area is 242 Å². The monoisotopic (exact) mass is 571 g/mol. The fourth-order valence-electron chi connectivity index (χ4n) is 3.76. The Morgan fingerprint density at radius 3 is 2.31 bits per heavy atom. The smallest absolute Gasteiger partial charge is 0.379 e. The molecule has 0 spiro atoms. The topological polar surface area (TPSA) is 138 Å². The Kier molecular flexibility index (Phi) is 9.92. The standard InChI is InChI=1S/C31H29N3O8/c1-4-39-24-14-12-22(18-28(24)40-5-2)29(35)33-23-9-6-8-21(17-23)30(36)34-32-19-20-11-13-25(27(16-20)38-3)42-31(37)26-10-7-15-41-26/h6-19H,4-5H2,1-3H3,(H,33,35)(H,34,36). The number of anilines is 1. The van der Waals surface area contributed by atoms with Gasteiger partial charge in [0.15, 0.2) is 23.0 Å². The van der Waals surface area contributed by atoms with Gasteiger partial charge < -0.3 is 28.7 Å². The third kappa shape index (κ3) is 7.54. The van der Waals surface area contributed by atoms with E-state index in [1.165, 1.54) is 37.8 Å². The predicted molar refractivity (Wildman–Crippen MR) is 155 cm³/mol. The normalized spacial score (nSPS) is 10.6. The van der Waals surface area contributed by atoms with Crippen LogP contribution in [0.25, 0.3) is 0 Å². The van der Waals surface area contributed by atoms with E-state index in [-0.39, 0.29) is 28.7 Å². The summed E-state index contributed by atoms with van der Waals surface area (Å²) in [5.74, 6) is 0.0341. The second kappa shape index (κ2) is 14.2. The van der Waals surface area contributed by atoms with Gasteiger partial charge in [0, 0.05) is 16.8 Å². The fraction of sp³-hybridized carbons (Fsp3) is 0.161. The van der Waals surface area contributed by atoms with Crippen LogP contribution in [0.1, 0.15) is 50.7 Å². The molecule has 4 aromatic rings. The lowest BCUT2D eigenvalue weighted by Crippen LogP contribution is -2.18. The van der Waals surface area contributed by atoms with Gasteiger partial charge in [-0.15, -0.1) is 0 Å². The zero-order valence-electron chi connectivity index (χ0n) is 23.2. The quantitative estimate of drug-likeness (QED) is 0.101. The Morgan fingerprint density at radius 2 is 1.57 bits per heavy atom. The average molecular weight is 572 g/mol. The molecule has 1 aromatic heterocycles. The second-order valence-electron chi connectivity index (χ2n) is 8.54. The number of esters is 1. The molecule has 11 nitrogen and oxygen atoms in total. The number of hydrogen-bond donors (Lipinski definition) is 2. The molecule has 0 atom stereocenters. The highest BCUT2D eigenvalue weighted by molar-refractivity contribution is 6.05. The molecule has 0 radical (unpaired) electrons. The minimum atomic E-state index is -0.667. The minimum Gasteiger partial charge on any atom is -0.493 e. The molecule has 2 amide bonds. The number of carbonyl (C=O) groups excluding carboxylic acids is 3.